The van der Waals surface area contributed by atoms with Crippen LogP contribution in [0, 0.1) is 6.92 Å². The lowest BCUT2D eigenvalue weighted by atomic mass is 10.3. The highest BCUT2D eigenvalue weighted by molar-refractivity contribution is 5.07. The number of imidazole rings is 1. The van der Waals surface area contributed by atoms with Crippen molar-refractivity contribution in [2.24, 2.45) is 0 Å². The molecular weight excluding hydrogens is 234 g/mol. The molecular formula is C11H17N5O2. The molecule has 0 atom stereocenters. The number of methoxy groups -OCH3 is 1. The zero-order valence-electron chi connectivity index (χ0n) is 10.6. The second-order valence-electron chi connectivity index (χ2n) is 3.94. The molecule has 0 bridgehead atoms. The van der Waals surface area contributed by atoms with Gasteiger partial charge in [-0.05, 0) is 6.92 Å². The maximum atomic E-state index is 4.97. The molecule has 0 saturated carbocycles. The van der Waals surface area contributed by atoms with Gasteiger partial charge in [0.15, 0.2) is 0 Å². The number of ether oxygens (including phenoxy) is 1. The van der Waals surface area contributed by atoms with E-state index >= 15 is 0 Å². The molecule has 0 fully saturated rings. The highest BCUT2D eigenvalue weighted by Gasteiger charge is 2.08. The average molecular weight is 251 g/mol. The van der Waals surface area contributed by atoms with E-state index in [1.807, 2.05) is 17.7 Å². The molecule has 98 valence electrons. The summed E-state index contributed by atoms with van der Waals surface area (Å²) in [6.07, 6.45) is 3.69. The minimum Gasteiger partial charge on any atom is -0.383 e. The Morgan fingerprint density at radius 2 is 2.33 bits per heavy atom. The van der Waals surface area contributed by atoms with E-state index in [1.165, 1.54) is 0 Å². The number of aromatic nitrogens is 4. The first kappa shape index (κ1) is 12.7. The number of aryl methyl sites for hydroxylation is 1. The van der Waals surface area contributed by atoms with Gasteiger partial charge in [0.1, 0.15) is 17.2 Å². The largest absolute Gasteiger partial charge is 0.383 e. The predicted octanol–water partition coefficient (Wildman–Crippen LogP) is 0.359. The van der Waals surface area contributed by atoms with Crippen LogP contribution in [0.5, 0.6) is 0 Å². The second kappa shape index (κ2) is 6.27. The van der Waals surface area contributed by atoms with E-state index in [4.69, 9.17) is 4.74 Å². The first-order valence-electron chi connectivity index (χ1n) is 5.79. The third-order valence-corrected chi connectivity index (χ3v) is 2.63. The van der Waals surface area contributed by atoms with E-state index in [0.717, 1.165) is 23.8 Å². The van der Waals surface area contributed by atoms with Crippen molar-refractivity contribution in [2.45, 2.75) is 20.0 Å². The molecule has 0 aliphatic carbocycles. The Balaban J connectivity index is 1.93. The normalized spacial score (nSPS) is 11.0. The molecule has 1 N–H and O–H groups in total. The molecule has 2 heterocycles. The lowest BCUT2D eigenvalue weighted by Crippen LogP contribution is -2.21. The SMILES string of the molecule is COCCNCc1nccn1Cc1nonc1C. The summed E-state index contributed by atoms with van der Waals surface area (Å²) in [6, 6.07) is 0. The Hall–Kier alpha value is -1.73. The Morgan fingerprint density at radius 1 is 1.44 bits per heavy atom. The molecule has 2 rings (SSSR count). The summed E-state index contributed by atoms with van der Waals surface area (Å²) in [5.74, 6) is 0.952. The molecule has 2 aromatic rings. The van der Waals surface area contributed by atoms with Crippen LogP contribution in [-0.2, 0) is 17.8 Å². The maximum absolute atomic E-state index is 4.97. The van der Waals surface area contributed by atoms with Gasteiger partial charge < -0.3 is 14.6 Å². The van der Waals surface area contributed by atoms with Crippen LogP contribution >= 0.6 is 0 Å². The second-order valence-corrected chi connectivity index (χ2v) is 3.94. The molecule has 0 saturated heterocycles. The molecule has 0 radical (unpaired) electrons. The van der Waals surface area contributed by atoms with Crippen molar-refractivity contribution >= 4 is 0 Å². The number of hydrogen-bond acceptors (Lipinski definition) is 6. The van der Waals surface area contributed by atoms with Gasteiger partial charge in [-0.2, -0.15) is 0 Å². The topological polar surface area (TPSA) is 78.0 Å². The third-order valence-electron chi connectivity index (χ3n) is 2.63. The van der Waals surface area contributed by atoms with Gasteiger partial charge in [-0.15, -0.1) is 0 Å². The summed E-state index contributed by atoms with van der Waals surface area (Å²) >= 11 is 0. The van der Waals surface area contributed by atoms with Crippen LogP contribution in [0.25, 0.3) is 0 Å². The zero-order chi connectivity index (χ0) is 12.8. The van der Waals surface area contributed by atoms with E-state index in [9.17, 15) is 0 Å². The average Bonchev–Trinajstić information content (AvgIpc) is 2.96. The van der Waals surface area contributed by atoms with Crippen LogP contribution in [0.3, 0.4) is 0 Å². The van der Waals surface area contributed by atoms with E-state index in [1.54, 1.807) is 13.3 Å². The summed E-state index contributed by atoms with van der Waals surface area (Å²) in [4.78, 5) is 4.30. The Labute approximate surface area is 105 Å². The van der Waals surface area contributed by atoms with Crippen LogP contribution in [0.4, 0.5) is 0 Å². The summed E-state index contributed by atoms with van der Waals surface area (Å²) in [7, 11) is 1.68. The smallest absolute Gasteiger partial charge is 0.127 e. The minimum atomic E-state index is 0.622. The lowest BCUT2D eigenvalue weighted by Gasteiger charge is -2.07. The molecule has 0 aromatic carbocycles. The van der Waals surface area contributed by atoms with Crippen LogP contribution in [0.1, 0.15) is 17.2 Å². The van der Waals surface area contributed by atoms with E-state index in [-0.39, 0.29) is 0 Å². The summed E-state index contributed by atoms with van der Waals surface area (Å²) in [5.41, 5.74) is 1.63. The highest BCUT2D eigenvalue weighted by atomic mass is 16.6. The van der Waals surface area contributed by atoms with E-state index in [0.29, 0.717) is 19.7 Å². The van der Waals surface area contributed by atoms with Crippen molar-refractivity contribution < 1.29 is 9.37 Å². The maximum Gasteiger partial charge on any atom is 0.127 e. The van der Waals surface area contributed by atoms with Crippen molar-refractivity contribution in [2.75, 3.05) is 20.3 Å². The molecule has 0 spiro atoms. The Kier molecular flexibility index (Phi) is 4.43. The standard InChI is InChI=1S/C11H17N5O2/c1-9-10(15-18-14-9)8-16-5-3-13-11(16)7-12-4-6-17-2/h3,5,12H,4,6-8H2,1-2H3. The minimum absolute atomic E-state index is 0.622. The monoisotopic (exact) mass is 251 g/mol. The highest BCUT2D eigenvalue weighted by Crippen LogP contribution is 2.06. The number of rotatable bonds is 7. The molecule has 0 unspecified atom stereocenters. The quantitative estimate of drug-likeness (QED) is 0.716. The van der Waals surface area contributed by atoms with Gasteiger partial charge in [-0.1, -0.05) is 10.3 Å². The van der Waals surface area contributed by atoms with Crippen LogP contribution in [0.2, 0.25) is 0 Å². The lowest BCUT2D eigenvalue weighted by molar-refractivity contribution is 0.199. The van der Waals surface area contributed by atoms with Gasteiger partial charge in [0.25, 0.3) is 0 Å². The number of nitrogens with one attached hydrogen (secondary N) is 1. The van der Waals surface area contributed by atoms with Crippen LogP contribution < -0.4 is 5.32 Å². The van der Waals surface area contributed by atoms with Crippen molar-refractivity contribution in [1.82, 2.24) is 25.2 Å². The Morgan fingerprint density at radius 3 is 3.06 bits per heavy atom. The van der Waals surface area contributed by atoms with Crippen molar-refractivity contribution in [3.8, 4) is 0 Å². The van der Waals surface area contributed by atoms with Gasteiger partial charge in [-0.25, -0.2) is 9.61 Å². The molecule has 0 aliphatic rings. The molecule has 18 heavy (non-hydrogen) atoms. The van der Waals surface area contributed by atoms with Gasteiger partial charge in [0.05, 0.1) is 19.7 Å². The Bertz CT molecular complexity index is 479. The van der Waals surface area contributed by atoms with Gasteiger partial charge in [0.2, 0.25) is 0 Å². The van der Waals surface area contributed by atoms with Crippen molar-refractivity contribution in [3.63, 3.8) is 0 Å². The van der Waals surface area contributed by atoms with Crippen molar-refractivity contribution in [3.05, 3.63) is 29.6 Å². The fourth-order valence-corrected chi connectivity index (χ4v) is 1.58. The van der Waals surface area contributed by atoms with Crippen LogP contribution in [0.15, 0.2) is 17.0 Å². The summed E-state index contributed by atoms with van der Waals surface area (Å²) in [5, 5.41) is 10.9. The molecule has 0 amide bonds. The first-order valence-corrected chi connectivity index (χ1v) is 5.79. The molecule has 0 aliphatic heterocycles. The third kappa shape index (κ3) is 3.14. The van der Waals surface area contributed by atoms with Crippen molar-refractivity contribution in [1.29, 1.82) is 0 Å². The van der Waals surface area contributed by atoms with E-state index in [2.05, 4.69) is 25.2 Å². The van der Waals surface area contributed by atoms with Gasteiger partial charge in [-0.3, -0.25) is 0 Å². The first-order chi connectivity index (χ1) is 8.81. The molecule has 7 nitrogen and oxygen atoms in total. The molecule has 2 aromatic heterocycles. The van der Waals surface area contributed by atoms with Gasteiger partial charge >= 0.3 is 0 Å². The van der Waals surface area contributed by atoms with E-state index < -0.39 is 0 Å². The summed E-state index contributed by atoms with van der Waals surface area (Å²) in [6.45, 7) is 4.68. The molecule has 7 heteroatoms. The van der Waals surface area contributed by atoms with Crippen LogP contribution in [-0.4, -0.2) is 40.1 Å². The fraction of sp³-hybridized carbons (Fsp3) is 0.545. The summed E-state index contributed by atoms with van der Waals surface area (Å²) < 4.78 is 11.7. The fourth-order valence-electron chi connectivity index (χ4n) is 1.58. The zero-order valence-corrected chi connectivity index (χ0v) is 10.6. The predicted molar refractivity (Wildman–Crippen MR) is 63.9 cm³/mol. The van der Waals surface area contributed by atoms with Gasteiger partial charge in [0, 0.05) is 26.0 Å². The number of hydrogen-bond donors (Lipinski definition) is 1. The number of nitrogens with zero attached hydrogens (tertiary/aromatic N) is 4.